The first-order valence-corrected chi connectivity index (χ1v) is 10.8. The number of nitrogens with one attached hydrogen (secondary N) is 1. The van der Waals surface area contributed by atoms with Gasteiger partial charge >= 0.3 is 0 Å². The van der Waals surface area contributed by atoms with Crippen LogP contribution in [0.25, 0.3) is 0 Å². The SMILES string of the molecule is C[C@H](C(=O)NC1CCCCCCC1)N(c1ccc(F)c(F)c1)S(C)(=O)=O. The van der Waals surface area contributed by atoms with Crippen molar-refractivity contribution in [2.45, 2.75) is 64.0 Å². The van der Waals surface area contributed by atoms with Crippen LogP contribution in [-0.2, 0) is 14.8 Å². The van der Waals surface area contributed by atoms with Crippen molar-refractivity contribution in [3.8, 4) is 0 Å². The Kier molecular flexibility index (Phi) is 6.97. The maximum Gasteiger partial charge on any atom is 0.243 e. The molecule has 5 nitrogen and oxygen atoms in total. The van der Waals surface area contributed by atoms with E-state index in [1.807, 2.05) is 0 Å². The Hall–Kier alpha value is -1.70. The fraction of sp³-hybridized carbons (Fsp3) is 0.611. The van der Waals surface area contributed by atoms with Gasteiger partial charge in [-0.3, -0.25) is 9.10 Å². The van der Waals surface area contributed by atoms with Gasteiger partial charge in [0, 0.05) is 12.1 Å². The Morgan fingerprint density at radius 3 is 2.23 bits per heavy atom. The molecule has 1 aliphatic carbocycles. The first kappa shape index (κ1) is 20.6. The second kappa shape index (κ2) is 8.79. The average molecular weight is 388 g/mol. The number of benzene rings is 1. The number of anilines is 1. The number of hydrogen-bond donors (Lipinski definition) is 1. The molecule has 26 heavy (non-hydrogen) atoms. The van der Waals surface area contributed by atoms with Gasteiger partial charge in [-0.05, 0) is 31.9 Å². The second-order valence-corrected chi connectivity index (χ2v) is 8.74. The van der Waals surface area contributed by atoms with Crippen LogP contribution in [0.5, 0.6) is 0 Å². The van der Waals surface area contributed by atoms with Gasteiger partial charge in [-0.25, -0.2) is 17.2 Å². The van der Waals surface area contributed by atoms with Gasteiger partial charge in [-0.15, -0.1) is 0 Å². The van der Waals surface area contributed by atoms with Gasteiger partial charge in [0.25, 0.3) is 0 Å². The van der Waals surface area contributed by atoms with Gasteiger partial charge in [0.05, 0.1) is 11.9 Å². The first-order valence-electron chi connectivity index (χ1n) is 8.95. The van der Waals surface area contributed by atoms with Crippen LogP contribution >= 0.6 is 0 Å². The van der Waals surface area contributed by atoms with Crippen LogP contribution in [0.4, 0.5) is 14.5 Å². The maximum absolute atomic E-state index is 13.6. The molecule has 0 saturated heterocycles. The lowest BCUT2D eigenvalue weighted by atomic mass is 9.96. The van der Waals surface area contributed by atoms with E-state index >= 15 is 0 Å². The zero-order valence-corrected chi connectivity index (χ0v) is 16.0. The number of carbonyl (C=O) groups is 1. The molecule has 0 unspecified atom stereocenters. The Morgan fingerprint density at radius 1 is 1.12 bits per heavy atom. The third kappa shape index (κ3) is 5.40. The number of carbonyl (C=O) groups excluding carboxylic acids is 1. The van der Waals surface area contributed by atoms with E-state index in [-0.39, 0.29) is 11.7 Å². The number of halogens is 2. The Bertz CT molecular complexity index is 732. The van der Waals surface area contributed by atoms with Crippen LogP contribution in [0.15, 0.2) is 18.2 Å². The van der Waals surface area contributed by atoms with Crippen LogP contribution in [0.2, 0.25) is 0 Å². The smallest absolute Gasteiger partial charge is 0.243 e. The summed E-state index contributed by atoms with van der Waals surface area (Å²) >= 11 is 0. The normalized spacial score (nSPS) is 17.8. The third-order valence-corrected chi connectivity index (χ3v) is 5.94. The van der Waals surface area contributed by atoms with Crippen LogP contribution in [-0.4, -0.2) is 32.7 Å². The van der Waals surface area contributed by atoms with E-state index in [4.69, 9.17) is 0 Å². The fourth-order valence-corrected chi connectivity index (χ4v) is 4.52. The van der Waals surface area contributed by atoms with Gasteiger partial charge in [-0.2, -0.15) is 0 Å². The molecule has 0 radical (unpaired) electrons. The highest BCUT2D eigenvalue weighted by Gasteiger charge is 2.30. The summed E-state index contributed by atoms with van der Waals surface area (Å²) in [6.07, 6.45) is 8.18. The molecule has 0 spiro atoms. The number of amides is 1. The molecule has 2 rings (SSSR count). The molecule has 1 atom stereocenters. The Balaban J connectivity index is 2.18. The Morgan fingerprint density at radius 2 is 1.69 bits per heavy atom. The lowest BCUT2D eigenvalue weighted by molar-refractivity contribution is -0.122. The zero-order chi connectivity index (χ0) is 19.3. The lowest BCUT2D eigenvalue weighted by Gasteiger charge is -2.30. The number of nitrogens with zero attached hydrogens (tertiary/aromatic N) is 1. The highest BCUT2D eigenvalue weighted by atomic mass is 32.2. The summed E-state index contributed by atoms with van der Waals surface area (Å²) in [5, 5.41) is 2.92. The highest BCUT2D eigenvalue weighted by molar-refractivity contribution is 7.92. The number of rotatable bonds is 5. The first-order chi connectivity index (χ1) is 12.2. The average Bonchev–Trinajstić information content (AvgIpc) is 2.52. The minimum atomic E-state index is -3.86. The van der Waals surface area contributed by atoms with Crippen molar-refractivity contribution in [3.05, 3.63) is 29.8 Å². The number of sulfonamides is 1. The molecule has 1 N–H and O–H groups in total. The fourth-order valence-electron chi connectivity index (χ4n) is 3.35. The van der Waals surface area contributed by atoms with Crippen molar-refractivity contribution in [2.24, 2.45) is 0 Å². The predicted molar refractivity (Wildman–Crippen MR) is 97.4 cm³/mol. The van der Waals surface area contributed by atoms with E-state index in [9.17, 15) is 22.0 Å². The highest BCUT2D eigenvalue weighted by Crippen LogP contribution is 2.24. The van der Waals surface area contributed by atoms with E-state index in [1.54, 1.807) is 0 Å². The van der Waals surface area contributed by atoms with Gasteiger partial charge in [0.1, 0.15) is 6.04 Å². The predicted octanol–water partition coefficient (Wildman–Crippen LogP) is 3.35. The van der Waals surface area contributed by atoms with Crippen molar-refractivity contribution in [3.63, 3.8) is 0 Å². The minimum absolute atomic E-state index is 0.0108. The molecule has 1 amide bonds. The monoisotopic (exact) mass is 388 g/mol. The third-order valence-electron chi connectivity index (χ3n) is 4.70. The van der Waals surface area contributed by atoms with Crippen molar-refractivity contribution < 1.29 is 22.0 Å². The van der Waals surface area contributed by atoms with Crippen LogP contribution < -0.4 is 9.62 Å². The molecule has 0 heterocycles. The molecule has 0 aromatic heterocycles. The largest absolute Gasteiger partial charge is 0.352 e. The molecule has 1 saturated carbocycles. The molecular formula is C18H26F2N2O3S. The quantitative estimate of drug-likeness (QED) is 0.841. The summed E-state index contributed by atoms with van der Waals surface area (Å²) < 4.78 is 51.9. The summed E-state index contributed by atoms with van der Waals surface area (Å²) in [5.41, 5.74) is -0.0771. The van der Waals surface area contributed by atoms with Gasteiger partial charge in [-0.1, -0.05) is 32.1 Å². The molecule has 0 aliphatic heterocycles. The van der Waals surface area contributed by atoms with E-state index in [0.717, 1.165) is 67.3 Å². The van der Waals surface area contributed by atoms with Crippen LogP contribution in [0.3, 0.4) is 0 Å². The van der Waals surface area contributed by atoms with E-state index in [2.05, 4.69) is 5.32 Å². The minimum Gasteiger partial charge on any atom is -0.352 e. The lowest BCUT2D eigenvalue weighted by Crippen LogP contribution is -2.50. The molecule has 1 aromatic carbocycles. The van der Waals surface area contributed by atoms with Crippen molar-refractivity contribution in [1.29, 1.82) is 0 Å². The zero-order valence-electron chi connectivity index (χ0n) is 15.2. The standard InChI is InChI=1S/C18H26F2N2O3S/c1-13(18(23)21-14-8-6-4-3-5-7-9-14)22(26(2,24)25)15-10-11-16(19)17(20)12-15/h10-14H,3-9H2,1-2H3,(H,21,23)/t13-/m1/s1. The Labute approximate surface area is 153 Å². The van der Waals surface area contributed by atoms with Gasteiger partial charge in [0.15, 0.2) is 11.6 Å². The molecular weight excluding hydrogens is 362 g/mol. The van der Waals surface area contributed by atoms with Crippen LogP contribution in [0.1, 0.15) is 51.9 Å². The molecule has 0 bridgehead atoms. The summed E-state index contributed by atoms with van der Waals surface area (Å²) in [7, 11) is -3.86. The molecule has 1 aliphatic rings. The summed E-state index contributed by atoms with van der Waals surface area (Å²) in [6.45, 7) is 1.45. The van der Waals surface area contributed by atoms with Crippen molar-refractivity contribution in [2.75, 3.05) is 10.6 Å². The second-order valence-electron chi connectivity index (χ2n) is 6.88. The molecule has 8 heteroatoms. The van der Waals surface area contributed by atoms with Gasteiger partial charge < -0.3 is 5.32 Å². The van der Waals surface area contributed by atoms with E-state index in [0.29, 0.717) is 0 Å². The maximum atomic E-state index is 13.6. The molecule has 1 fully saturated rings. The number of hydrogen-bond acceptors (Lipinski definition) is 3. The molecule has 146 valence electrons. The van der Waals surface area contributed by atoms with Crippen molar-refractivity contribution in [1.82, 2.24) is 5.32 Å². The van der Waals surface area contributed by atoms with Crippen molar-refractivity contribution >= 4 is 21.6 Å². The van der Waals surface area contributed by atoms with Crippen LogP contribution in [0, 0.1) is 11.6 Å². The van der Waals surface area contributed by atoms with E-state index < -0.39 is 33.6 Å². The summed E-state index contributed by atoms with van der Waals surface area (Å²) in [5.74, 6) is -2.68. The summed E-state index contributed by atoms with van der Waals surface area (Å²) in [6, 6.07) is 1.73. The molecule has 1 aromatic rings. The van der Waals surface area contributed by atoms with E-state index in [1.165, 1.54) is 13.3 Å². The topological polar surface area (TPSA) is 66.5 Å². The van der Waals surface area contributed by atoms with Gasteiger partial charge in [0.2, 0.25) is 15.9 Å². The summed E-state index contributed by atoms with van der Waals surface area (Å²) in [4.78, 5) is 12.6.